The summed E-state index contributed by atoms with van der Waals surface area (Å²) < 4.78 is 28.0. The molecule has 1 heterocycles. The van der Waals surface area contributed by atoms with Gasteiger partial charge in [0.15, 0.2) is 16.4 Å². The van der Waals surface area contributed by atoms with E-state index in [2.05, 4.69) is 5.32 Å². The number of hydrogen-bond donors (Lipinski definition) is 1. The molecule has 1 aliphatic heterocycles. The Hall–Kier alpha value is -2.42. The molecule has 2 rings (SSSR count). The van der Waals surface area contributed by atoms with Gasteiger partial charge in [0, 0.05) is 19.3 Å². The van der Waals surface area contributed by atoms with E-state index in [1.807, 2.05) is 0 Å². The fourth-order valence-corrected chi connectivity index (χ4v) is 2.83. The van der Waals surface area contributed by atoms with Crippen LogP contribution in [-0.2, 0) is 19.4 Å². The van der Waals surface area contributed by atoms with Crippen molar-refractivity contribution in [1.29, 1.82) is 0 Å². The lowest BCUT2D eigenvalue weighted by Gasteiger charge is -2.12. The van der Waals surface area contributed by atoms with Crippen LogP contribution in [0.2, 0.25) is 0 Å². The zero-order valence-corrected chi connectivity index (χ0v) is 12.6. The normalized spacial score (nSPS) is 14.6. The van der Waals surface area contributed by atoms with Crippen LogP contribution in [0, 0.1) is 0 Å². The molecule has 3 amide bonds. The second-order valence-corrected chi connectivity index (χ2v) is 6.61. The first kappa shape index (κ1) is 16.0. The minimum atomic E-state index is -3.60. The number of esters is 1. The van der Waals surface area contributed by atoms with Crippen molar-refractivity contribution in [2.45, 2.75) is 4.90 Å². The van der Waals surface area contributed by atoms with Gasteiger partial charge in [-0.3, -0.25) is 9.69 Å². The zero-order chi connectivity index (χ0) is 16.3. The highest BCUT2D eigenvalue weighted by atomic mass is 32.2. The van der Waals surface area contributed by atoms with Gasteiger partial charge in [0.1, 0.15) is 0 Å². The Labute approximate surface area is 127 Å². The van der Waals surface area contributed by atoms with Gasteiger partial charge in [-0.25, -0.2) is 18.0 Å². The summed E-state index contributed by atoms with van der Waals surface area (Å²) in [7, 11) is -3.60. The first-order chi connectivity index (χ1) is 10.3. The van der Waals surface area contributed by atoms with Crippen molar-refractivity contribution in [1.82, 2.24) is 10.2 Å². The molecule has 1 saturated heterocycles. The number of imide groups is 1. The number of ether oxygens (including phenoxy) is 1. The number of benzene rings is 1. The number of carbonyl (C=O) groups is 3. The number of sulfone groups is 1. The molecule has 0 aromatic heterocycles. The topological polar surface area (TPSA) is 110 Å². The van der Waals surface area contributed by atoms with E-state index < -0.39 is 34.4 Å². The maximum absolute atomic E-state index is 12.0. The maximum atomic E-state index is 12.0. The van der Waals surface area contributed by atoms with Gasteiger partial charge in [-0.15, -0.1) is 0 Å². The minimum absolute atomic E-state index is 0.149. The van der Waals surface area contributed by atoms with Gasteiger partial charge in [0.2, 0.25) is 0 Å². The van der Waals surface area contributed by atoms with Crippen LogP contribution >= 0.6 is 0 Å². The lowest BCUT2D eigenvalue weighted by atomic mass is 10.2. The maximum Gasteiger partial charge on any atom is 0.339 e. The highest BCUT2D eigenvalue weighted by Crippen LogP contribution is 2.16. The molecule has 0 aliphatic carbocycles. The van der Waals surface area contributed by atoms with Crippen LogP contribution in [0.1, 0.15) is 10.4 Å². The summed E-state index contributed by atoms with van der Waals surface area (Å²) in [5.41, 5.74) is -0.149. The predicted molar refractivity (Wildman–Crippen MR) is 74.9 cm³/mol. The van der Waals surface area contributed by atoms with Gasteiger partial charge >= 0.3 is 12.0 Å². The molecule has 0 radical (unpaired) electrons. The van der Waals surface area contributed by atoms with Crippen molar-refractivity contribution in [2.24, 2.45) is 0 Å². The molecule has 0 saturated carbocycles. The molecule has 0 unspecified atom stereocenters. The van der Waals surface area contributed by atoms with Crippen LogP contribution in [0.15, 0.2) is 29.2 Å². The summed E-state index contributed by atoms with van der Waals surface area (Å²) in [5.74, 6) is -1.60. The average molecular weight is 326 g/mol. The number of nitrogens with one attached hydrogen (secondary N) is 1. The molecule has 1 aromatic carbocycles. The number of carbonyl (C=O) groups excluding carboxylic acids is 3. The Morgan fingerprint density at radius 2 is 2.00 bits per heavy atom. The molecule has 1 fully saturated rings. The lowest BCUT2D eigenvalue weighted by molar-refractivity contribution is -0.130. The third-order valence-electron chi connectivity index (χ3n) is 2.99. The fourth-order valence-electron chi connectivity index (χ4n) is 1.95. The first-order valence-corrected chi connectivity index (χ1v) is 8.24. The molecule has 8 nitrogen and oxygen atoms in total. The highest BCUT2D eigenvalue weighted by Gasteiger charge is 2.27. The second-order valence-electron chi connectivity index (χ2n) is 4.62. The number of rotatable bonds is 4. The van der Waals surface area contributed by atoms with Gasteiger partial charge in [-0.1, -0.05) is 12.1 Å². The summed E-state index contributed by atoms with van der Waals surface area (Å²) in [6, 6.07) is 5.00. The van der Waals surface area contributed by atoms with Gasteiger partial charge < -0.3 is 10.1 Å². The summed E-state index contributed by atoms with van der Waals surface area (Å²) in [6.07, 6.45) is 0.971. The average Bonchev–Trinajstić information content (AvgIpc) is 2.89. The quantitative estimate of drug-likeness (QED) is 0.767. The molecular formula is C13H14N2O6S. The summed E-state index contributed by atoms with van der Waals surface area (Å²) in [4.78, 5) is 35.7. The SMILES string of the molecule is CS(=O)(=O)c1ccccc1C(=O)OCC(=O)N1CCNC1=O. The van der Waals surface area contributed by atoms with E-state index in [1.165, 1.54) is 24.3 Å². The van der Waals surface area contributed by atoms with E-state index in [0.29, 0.717) is 6.54 Å². The van der Waals surface area contributed by atoms with E-state index in [4.69, 9.17) is 4.74 Å². The van der Waals surface area contributed by atoms with Gasteiger partial charge in [0.25, 0.3) is 5.91 Å². The third kappa shape index (κ3) is 3.42. The van der Waals surface area contributed by atoms with Crippen molar-refractivity contribution >= 4 is 27.7 Å². The molecule has 1 aliphatic rings. The zero-order valence-electron chi connectivity index (χ0n) is 11.7. The van der Waals surface area contributed by atoms with Gasteiger partial charge in [-0.2, -0.15) is 0 Å². The first-order valence-electron chi connectivity index (χ1n) is 6.35. The van der Waals surface area contributed by atoms with E-state index in [9.17, 15) is 22.8 Å². The standard InChI is InChI=1S/C13H14N2O6S/c1-22(19,20)10-5-3-2-4-9(10)12(17)21-8-11(16)15-7-6-14-13(15)18/h2-5H,6-8H2,1H3,(H,14,18). The van der Waals surface area contributed by atoms with E-state index in [-0.39, 0.29) is 17.0 Å². The molecular weight excluding hydrogens is 312 g/mol. The van der Waals surface area contributed by atoms with Crippen molar-refractivity contribution in [3.63, 3.8) is 0 Å². The molecule has 1 N–H and O–H groups in total. The minimum Gasteiger partial charge on any atom is -0.452 e. The molecule has 0 bridgehead atoms. The highest BCUT2D eigenvalue weighted by molar-refractivity contribution is 7.90. The summed E-state index contributed by atoms with van der Waals surface area (Å²) in [6.45, 7) is -0.0884. The van der Waals surface area contributed by atoms with Gasteiger partial charge in [0.05, 0.1) is 10.5 Å². The molecule has 0 spiro atoms. The van der Waals surface area contributed by atoms with Crippen molar-refractivity contribution in [3.8, 4) is 0 Å². The third-order valence-corrected chi connectivity index (χ3v) is 4.15. The molecule has 9 heteroatoms. The molecule has 1 aromatic rings. The largest absolute Gasteiger partial charge is 0.452 e. The number of amides is 3. The molecule has 118 valence electrons. The van der Waals surface area contributed by atoms with Gasteiger partial charge in [-0.05, 0) is 12.1 Å². The molecule has 22 heavy (non-hydrogen) atoms. The Morgan fingerprint density at radius 3 is 2.59 bits per heavy atom. The summed E-state index contributed by atoms with van der Waals surface area (Å²) in [5, 5.41) is 2.45. The van der Waals surface area contributed by atoms with Crippen LogP contribution in [0.4, 0.5) is 4.79 Å². The monoisotopic (exact) mass is 326 g/mol. The smallest absolute Gasteiger partial charge is 0.339 e. The predicted octanol–water partition coefficient (Wildman–Crippen LogP) is -0.201. The Morgan fingerprint density at radius 1 is 1.32 bits per heavy atom. The van der Waals surface area contributed by atoms with Crippen LogP contribution in [0.3, 0.4) is 0 Å². The van der Waals surface area contributed by atoms with Crippen LogP contribution in [-0.4, -0.2) is 57.2 Å². The Kier molecular flexibility index (Phi) is 4.45. The Bertz CT molecular complexity index is 728. The van der Waals surface area contributed by atoms with Crippen molar-refractivity contribution < 1.29 is 27.5 Å². The lowest BCUT2D eigenvalue weighted by Crippen LogP contribution is -2.37. The van der Waals surface area contributed by atoms with Crippen LogP contribution in [0.25, 0.3) is 0 Å². The number of nitrogens with zero attached hydrogens (tertiary/aromatic N) is 1. The van der Waals surface area contributed by atoms with Crippen LogP contribution < -0.4 is 5.32 Å². The van der Waals surface area contributed by atoms with Crippen molar-refractivity contribution in [3.05, 3.63) is 29.8 Å². The summed E-state index contributed by atoms with van der Waals surface area (Å²) >= 11 is 0. The Balaban J connectivity index is 2.07. The van der Waals surface area contributed by atoms with E-state index >= 15 is 0 Å². The van der Waals surface area contributed by atoms with E-state index in [0.717, 1.165) is 11.2 Å². The van der Waals surface area contributed by atoms with Crippen LogP contribution in [0.5, 0.6) is 0 Å². The number of hydrogen-bond acceptors (Lipinski definition) is 6. The van der Waals surface area contributed by atoms with E-state index in [1.54, 1.807) is 0 Å². The van der Waals surface area contributed by atoms with Crippen molar-refractivity contribution in [2.75, 3.05) is 26.0 Å². The second kappa shape index (κ2) is 6.14. The molecule has 0 atom stereocenters. The fraction of sp³-hybridized carbons (Fsp3) is 0.308. The number of urea groups is 1.